The topological polar surface area (TPSA) is 110 Å². The maximum absolute atomic E-state index is 7.71. The van der Waals surface area contributed by atoms with E-state index >= 15 is 0 Å². The van der Waals surface area contributed by atoms with E-state index in [0.29, 0.717) is 0 Å². The van der Waals surface area contributed by atoms with Crippen LogP contribution in [0, 0.1) is 6.57 Å². The number of nitrogens with zero attached hydrogens (tertiary/aromatic N) is 13. The molecule has 0 spiro atoms. The third-order valence-corrected chi connectivity index (χ3v) is 27.7. The fourth-order valence-electron chi connectivity index (χ4n) is 22.9. The lowest BCUT2D eigenvalue weighted by atomic mass is 10.0. The molecule has 0 bridgehead atoms. The molecule has 576 valence electrons. The quantitative estimate of drug-likeness (QED) is 0.163. The molecule has 13 heteroatoms. The zero-order valence-corrected chi connectivity index (χ0v) is 66.9. The molecule has 2 aliphatic carbocycles. The Hall–Kier alpha value is -17.5. The number of para-hydroxylation sites is 12. The van der Waals surface area contributed by atoms with Crippen LogP contribution in [0.1, 0.15) is 0 Å². The molecule has 0 fully saturated rings. The molecule has 32 rings (SSSR count). The lowest BCUT2D eigenvalue weighted by Gasteiger charge is -2.14. The highest BCUT2D eigenvalue weighted by molar-refractivity contribution is 6.38. The molecule has 0 atom stereocenters. The van der Waals surface area contributed by atoms with Crippen molar-refractivity contribution in [3.05, 3.63) is 370 Å². The Balaban J connectivity index is 0.0000000927. The van der Waals surface area contributed by atoms with Crippen molar-refractivity contribution in [1.82, 2.24) is 56.8 Å². The first-order chi connectivity index (χ1) is 62.6. The molecule has 2 aliphatic rings. The Morgan fingerprint density at radius 2 is 0.500 bits per heavy atom. The van der Waals surface area contributed by atoms with E-state index in [1.807, 2.05) is 36.4 Å². The highest BCUT2D eigenvalue weighted by atomic mass is 15.1. The first-order valence-electron chi connectivity index (χ1n) is 42.7. The Labute approximate surface area is 713 Å². The van der Waals surface area contributed by atoms with Crippen molar-refractivity contribution in [3.8, 4) is 62.2 Å². The summed E-state index contributed by atoms with van der Waals surface area (Å²) in [7, 11) is 0. The summed E-state index contributed by atoms with van der Waals surface area (Å²) >= 11 is 0. The van der Waals surface area contributed by atoms with E-state index in [4.69, 9.17) is 31.5 Å². The zero-order chi connectivity index (χ0) is 81.7. The van der Waals surface area contributed by atoms with Crippen molar-refractivity contribution in [2.24, 2.45) is 0 Å². The monoisotopic (exact) mass is 1600 g/mol. The lowest BCUT2D eigenvalue weighted by molar-refractivity contribution is 1.09. The van der Waals surface area contributed by atoms with E-state index in [-0.39, 0.29) is 5.95 Å². The molecule has 18 aromatic carbocycles. The van der Waals surface area contributed by atoms with Crippen LogP contribution in [0.5, 0.6) is 0 Å². The van der Waals surface area contributed by atoms with E-state index in [1.54, 1.807) is 12.4 Å². The molecule has 0 amide bonds. The largest absolute Gasteiger partial charge is 0.394 e. The first kappa shape index (κ1) is 66.3. The number of rotatable bonds is 3. The second-order valence-corrected chi connectivity index (χ2v) is 33.7. The molecule has 12 heterocycles. The minimum atomic E-state index is 0.150. The van der Waals surface area contributed by atoms with Gasteiger partial charge in [-0.3, -0.25) is 14.5 Å². The van der Waals surface area contributed by atoms with Crippen LogP contribution >= 0.6 is 0 Å². The minimum absolute atomic E-state index is 0.150. The molecule has 126 heavy (non-hydrogen) atoms. The van der Waals surface area contributed by atoms with E-state index in [1.165, 1.54) is 196 Å². The average molecular weight is 1600 g/mol. The Bertz CT molecular complexity index is 10200. The van der Waals surface area contributed by atoms with Gasteiger partial charge < -0.3 is 27.2 Å². The lowest BCUT2D eigenvalue weighted by Crippen LogP contribution is -2.00. The molecule has 0 saturated carbocycles. The Morgan fingerprint density at radius 3 is 0.905 bits per heavy atom. The van der Waals surface area contributed by atoms with Crippen molar-refractivity contribution in [2.45, 2.75) is 0 Å². The maximum Gasteiger partial charge on any atom is 0.374 e. The van der Waals surface area contributed by atoms with Crippen LogP contribution in [-0.2, 0) is 0 Å². The number of hydrogen-bond acceptors (Lipinski definition) is 6. The molecule has 12 aromatic heterocycles. The van der Waals surface area contributed by atoms with Gasteiger partial charge in [0.1, 0.15) is 5.52 Å². The second kappa shape index (κ2) is 24.0. The molecular weight excluding hydrogens is 1540 g/mol. The van der Waals surface area contributed by atoms with Crippen LogP contribution in [0.15, 0.2) is 358 Å². The maximum atomic E-state index is 7.71. The highest BCUT2D eigenvalue weighted by Gasteiger charge is 2.34. The van der Waals surface area contributed by atoms with E-state index in [2.05, 4.69) is 346 Å². The summed E-state index contributed by atoms with van der Waals surface area (Å²) in [5.41, 5.74) is 31.7. The van der Waals surface area contributed by atoms with Crippen LogP contribution in [0.3, 0.4) is 0 Å². The highest BCUT2D eigenvalue weighted by Crippen LogP contribution is 2.55. The van der Waals surface area contributed by atoms with Gasteiger partial charge in [0.15, 0.2) is 0 Å². The normalized spacial score (nSPS) is 12.6. The first-order valence-corrected chi connectivity index (χ1v) is 42.7. The minimum Gasteiger partial charge on any atom is -0.394 e. The van der Waals surface area contributed by atoms with Gasteiger partial charge in [-0.25, -0.2) is 9.97 Å². The van der Waals surface area contributed by atoms with Crippen molar-refractivity contribution in [2.75, 3.05) is 0 Å². The summed E-state index contributed by atoms with van der Waals surface area (Å²) in [6.45, 7) is 7.71. The van der Waals surface area contributed by atoms with Crippen LogP contribution in [0.2, 0.25) is 0 Å². The molecule has 0 saturated heterocycles. The second-order valence-electron chi connectivity index (χ2n) is 33.7. The van der Waals surface area contributed by atoms with Gasteiger partial charge in [-0.15, -0.1) is 16.5 Å². The molecule has 0 radical (unpaired) electrons. The van der Waals surface area contributed by atoms with Crippen LogP contribution in [0.4, 0.5) is 5.95 Å². The average Bonchev–Trinajstić information content (AvgIpc) is 1.52. The third-order valence-electron chi connectivity index (χ3n) is 27.7. The van der Waals surface area contributed by atoms with Gasteiger partial charge in [-0.2, -0.15) is 0 Å². The van der Waals surface area contributed by atoms with E-state index in [9.17, 15) is 0 Å². The standard InChI is InChI=1S/C42H22N4.C38H20N4.C33H17N5/c1-6-17-33-23(10-1)29-22-30-24-11-2-7-18-34(24)46(42(30)38-26-12-3-8-19-35(26)45(33)41(29)38)36-21-20-28-37-25(36)13-9-14-27(37)39-40(28)44-32-16-5-4-15-31(32)43-39;1-4-13-29-21(8-1)27-20-28-22-9-2-5-14-30(22)42(38(28)34-24-10-3-6-15-31(24)41(29)37(27)34)32-17-16-26-33-23(32)11-7-12-25(33)35-36(26)40-19-18-39-35;1-34-33-35-25-14-6-2-12-21(25)32(36-33)38-27-16-8-4-11-20(27)24-18-23-19-10-3-7-15-26(19)37-28-17-9-5-13-22(28)29(30(23)37)31(24)38/h1-22H;1-20H;2-18H. The zero-order valence-electron chi connectivity index (χ0n) is 66.9. The van der Waals surface area contributed by atoms with Crippen molar-refractivity contribution < 1.29 is 0 Å². The predicted octanol–water partition coefficient (Wildman–Crippen LogP) is 28.6. The third kappa shape index (κ3) is 8.28. The summed E-state index contributed by atoms with van der Waals surface area (Å²) in [5.74, 6) is 0.882. The predicted molar refractivity (Wildman–Crippen MR) is 518 cm³/mol. The molecule has 30 aromatic rings. The summed E-state index contributed by atoms with van der Waals surface area (Å²) < 4.78 is 14.6. The summed E-state index contributed by atoms with van der Waals surface area (Å²) in [6, 6.07) is 125. The van der Waals surface area contributed by atoms with Gasteiger partial charge >= 0.3 is 5.95 Å². The fourth-order valence-corrected chi connectivity index (χ4v) is 22.9. The summed E-state index contributed by atoms with van der Waals surface area (Å²) in [6.07, 6.45) is 3.59. The van der Waals surface area contributed by atoms with Crippen LogP contribution in [0.25, 0.3) is 290 Å². The van der Waals surface area contributed by atoms with Gasteiger partial charge in [0.25, 0.3) is 0 Å². The number of benzene rings is 18. The molecule has 0 N–H and O–H groups in total. The number of fused-ring (bicyclic) bond motifs is 38. The number of hydrogen-bond donors (Lipinski definition) is 0. The van der Waals surface area contributed by atoms with E-state index < -0.39 is 0 Å². The van der Waals surface area contributed by atoms with Crippen LogP contribution < -0.4 is 0 Å². The Kier molecular flexibility index (Phi) is 12.6. The SMILES string of the molecule is [C-]#[N+]c1nc(-n2c3ccccc3c3cc4c5ccccc5n5c6ccccc6c(c32)c45)c2ccccc2n1.c1cc2c3c(ccc(-n4c5ccccc5c5cc6c7ccccc7n7c8ccccc8c(c54)c67)c3c1)-c1nccnc1-2.c1ccc2nc3c(nc2c1)-c1cccc2c(-n4c5ccccc5c5cc6c7ccccc7n7c8ccccc8c(c54)c67)ccc-3c12. The van der Waals surface area contributed by atoms with Crippen molar-refractivity contribution in [1.29, 1.82) is 0 Å². The van der Waals surface area contributed by atoms with Gasteiger partial charge in [0, 0.05) is 153 Å². The van der Waals surface area contributed by atoms with Crippen molar-refractivity contribution >= 4 is 229 Å². The molecule has 0 aliphatic heterocycles. The van der Waals surface area contributed by atoms with Gasteiger partial charge in [-0.05, 0) is 121 Å². The summed E-state index contributed by atoms with van der Waals surface area (Å²) in [4.78, 5) is 32.7. The van der Waals surface area contributed by atoms with Gasteiger partial charge in [0.05, 0.1) is 133 Å². The van der Waals surface area contributed by atoms with Gasteiger partial charge in [-0.1, -0.05) is 224 Å². The van der Waals surface area contributed by atoms with Gasteiger partial charge in [0.2, 0.25) is 5.82 Å². The molecular formula is C113H59N13. The number of aromatic nitrogens is 12. The van der Waals surface area contributed by atoms with E-state index in [0.717, 1.165) is 89.2 Å². The fraction of sp³-hybridized carbons (Fsp3) is 0. The van der Waals surface area contributed by atoms with Crippen molar-refractivity contribution in [3.63, 3.8) is 0 Å². The smallest absolute Gasteiger partial charge is 0.374 e. The Morgan fingerprint density at radius 1 is 0.206 bits per heavy atom. The molecule has 13 nitrogen and oxygen atoms in total. The molecule has 0 unspecified atom stereocenters. The van der Waals surface area contributed by atoms with Crippen LogP contribution in [-0.4, -0.2) is 56.8 Å². The summed E-state index contributed by atoms with van der Waals surface area (Å²) in [5, 5.41) is 28.5.